The second-order valence-corrected chi connectivity index (χ2v) is 0.192. The van der Waals surface area contributed by atoms with E-state index in [0.717, 1.165) is 0 Å². The first-order valence-electron chi connectivity index (χ1n) is 0.943. The molecule has 0 fully saturated rings. The molecule has 11 heavy (non-hydrogen) atoms. The molecular formula is H8B2BaO8. The molecule has 11 heteroatoms. The molecule has 0 heterocycles. The zero-order chi connectivity index (χ0) is 5.41. The molecule has 0 rings (SSSR count). The van der Waals surface area contributed by atoms with Gasteiger partial charge in [-0.05, 0) is 0 Å². The van der Waals surface area contributed by atoms with Crippen LogP contribution >= 0.6 is 0 Å². The van der Waals surface area contributed by atoms with Crippen LogP contribution in [0, 0.1) is 0 Å². The number of hydrogen-bond acceptors (Lipinski definition) is 4. The Labute approximate surface area is 104 Å². The van der Waals surface area contributed by atoms with Gasteiger partial charge >= 0.3 is 83.0 Å². The average Bonchev–Trinajstić information content (AvgIpc) is 1.39. The summed E-state index contributed by atoms with van der Waals surface area (Å²) in [6.45, 7) is 0. The van der Waals surface area contributed by atoms with Gasteiger partial charge in [-0.2, -0.15) is 0 Å². The van der Waals surface area contributed by atoms with E-state index in [9.17, 15) is 0 Å². The van der Waals surface area contributed by atoms with Crippen molar-refractivity contribution < 1.29 is 41.4 Å². The Morgan fingerprint density at radius 3 is 0.727 bits per heavy atom. The number of rotatable bonds is 0. The predicted octanol–water partition coefficient (Wildman–Crippen LogP) is -7.06. The van der Waals surface area contributed by atoms with Gasteiger partial charge in [0.05, 0.1) is 0 Å². The molecule has 0 aromatic heterocycles. The van der Waals surface area contributed by atoms with E-state index < -0.39 is 14.7 Å². The Balaban J connectivity index is -0.00000000400. The van der Waals surface area contributed by atoms with Crippen LogP contribution in [-0.4, -0.2) is 85.5 Å². The van der Waals surface area contributed by atoms with Gasteiger partial charge in [0, 0.05) is 0 Å². The molecular weight excluding hydrogens is 287 g/mol. The third-order valence-electron chi connectivity index (χ3n) is 0. The van der Waals surface area contributed by atoms with Gasteiger partial charge in [-0.15, -0.1) is 0 Å². The van der Waals surface area contributed by atoms with E-state index in [-0.39, 0.29) is 70.8 Å². The third-order valence-corrected chi connectivity index (χ3v) is 0. The minimum atomic E-state index is -0.500. The van der Waals surface area contributed by atoms with Crippen molar-refractivity contribution in [1.29, 1.82) is 0 Å². The van der Waals surface area contributed by atoms with Crippen LogP contribution in [0.2, 0.25) is 0 Å². The fourth-order valence-electron chi connectivity index (χ4n) is 0. The maximum Gasteiger partial charge on any atom is 2.00 e. The fraction of sp³-hybridized carbons (Fsp3) is 0. The second kappa shape index (κ2) is 136. The van der Waals surface area contributed by atoms with Gasteiger partial charge in [-0.1, -0.05) is 0 Å². The molecule has 0 saturated carbocycles. The predicted molar refractivity (Wildman–Crippen MR) is 33.1 cm³/mol. The minimum absolute atomic E-state index is 0. The zero-order valence-electron chi connectivity index (χ0n) is 5.49. The molecule has 64 valence electrons. The molecule has 0 aromatic rings. The van der Waals surface area contributed by atoms with Gasteiger partial charge in [0.1, 0.15) is 0 Å². The Morgan fingerprint density at radius 2 is 0.727 bits per heavy atom. The van der Waals surface area contributed by atoms with E-state index in [1.54, 1.807) is 0 Å². The van der Waals surface area contributed by atoms with Crippen molar-refractivity contribution >= 4 is 63.6 Å². The second-order valence-electron chi connectivity index (χ2n) is 0.192. The van der Waals surface area contributed by atoms with Crippen molar-refractivity contribution in [3.8, 4) is 0 Å². The Morgan fingerprint density at radius 1 is 0.727 bits per heavy atom. The van der Waals surface area contributed by atoms with Crippen LogP contribution in [0.4, 0.5) is 0 Å². The van der Waals surface area contributed by atoms with Crippen LogP contribution in [0.5, 0.6) is 0 Å². The summed E-state index contributed by atoms with van der Waals surface area (Å²) in [5.74, 6) is 0. The van der Waals surface area contributed by atoms with Crippen LogP contribution in [0.15, 0.2) is 0 Å². The molecule has 0 aliphatic carbocycles. The van der Waals surface area contributed by atoms with Crippen molar-refractivity contribution in [2.45, 2.75) is 0 Å². The number of hydrogen-bond donors (Lipinski definition) is 0. The molecule has 0 unspecified atom stereocenters. The van der Waals surface area contributed by atoms with E-state index in [1.807, 2.05) is 0 Å². The Kier molecular flexibility index (Phi) is 743. The molecule has 0 spiro atoms. The summed E-state index contributed by atoms with van der Waals surface area (Å²) in [5, 5.41) is 16.5. The first kappa shape index (κ1) is 60.3. The summed E-state index contributed by atoms with van der Waals surface area (Å²) in [6.07, 6.45) is 0. The molecule has 0 bridgehead atoms. The summed E-state index contributed by atoms with van der Waals surface area (Å²) in [6, 6.07) is 0. The third kappa shape index (κ3) is 1490. The first-order valence-corrected chi connectivity index (χ1v) is 0.943. The van der Waals surface area contributed by atoms with E-state index in [1.165, 1.54) is 0 Å². The molecule has 8 N–H and O–H groups in total. The van der Waals surface area contributed by atoms with E-state index in [4.69, 9.17) is 19.5 Å². The largest absolute Gasteiger partial charge is 2.00 e. The van der Waals surface area contributed by atoms with Gasteiger partial charge in [-0.25, -0.2) is 0 Å². The maximum absolute atomic E-state index is 8.25. The maximum atomic E-state index is 8.25. The molecule has 0 saturated heterocycles. The molecule has 0 aliphatic rings. The van der Waals surface area contributed by atoms with Gasteiger partial charge in [-0.3, -0.25) is 0 Å². The monoisotopic (exact) mass is 296 g/mol. The summed E-state index contributed by atoms with van der Waals surface area (Å²) in [4.78, 5) is 0. The average molecular weight is 295 g/mol. The van der Waals surface area contributed by atoms with Crippen molar-refractivity contribution in [3.05, 3.63) is 0 Å². The Bertz CT molecular complexity index is 33.1. The molecule has 8 nitrogen and oxygen atoms in total. The van der Waals surface area contributed by atoms with Crippen molar-refractivity contribution in [3.63, 3.8) is 0 Å². The quantitative estimate of drug-likeness (QED) is 0.399. The summed E-state index contributed by atoms with van der Waals surface area (Å²) < 4.78 is 16.5. The summed E-state index contributed by atoms with van der Waals surface area (Å²) in [5.41, 5.74) is 0. The van der Waals surface area contributed by atoms with Crippen LogP contribution in [-0.2, 0) is 9.41 Å². The van der Waals surface area contributed by atoms with Crippen LogP contribution in [0.3, 0.4) is 0 Å². The smallest absolute Gasteiger partial charge is 2.00 e. The van der Waals surface area contributed by atoms with Crippen LogP contribution < -0.4 is 10.0 Å². The summed E-state index contributed by atoms with van der Waals surface area (Å²) >= 11 is 0. The molecule has 0 atom stereocenters. The van der Waals surface area contributed by atoms with Crippen molar-refractivity contribution in [2.24, 2.45) is 0 Å². The van der Waals surface area contributed by atoms with Gasteiger partial charge in [0.2, 0.25) is 0 Å². The van der Waals surface area contributed by atoms with Gasteiger partial charge in [0.25, 0.3) is 0 Å². The van der Waals surface area contributed by atoms with E-state index >= 15 is 0 Å². The SMILES string of the molecule is O.O.O.O.O=B[O-].O=B[O-].[Ba+2]. The van der Waals surface area contributed by atoms with E-state index in [2.05, 4.69) is 0 Å². The van der Waals surface area contributed by atoms with Crippen molar-refractivity contribution in [1.82, 2.24) is 0 Å². The molecule has 0 aromatic carbocycles. The standard InChI is InChI=1S/2BO2.Ba.4H2O/c2*2-1-3;;;;;/h;;;4*1H2/q2*-1;+2;;;;. The molecule has 0 amide bonds. The van der Waals surface area contributed by atoms with Crippen molar-refractivity contribution in [2.75, 3.05) is 0 Å². The van der Waals surface area contributed by atoms with Gasteiger partial charge < -0.3 is 21.9 Å². The molecule has 0 aliphatic heterocycles. The summed E-state index contributed by atoms with van der Waals surface area (Å²) in [7, 11) is -1.00. The zero-order valence-corrected chi connectivity index (χ0v) is 9.94. The van der Waals surface area contributed by atoms with Crippen LogP contribution in [0.25, 0.3) is 0 Å². The fourth-order valence-corrected chi connectivity index (χ4v) is 0. The van der Waals surface area contributed by atoms with E-state index in [0.29, 0.717) is 0 Å². The minimum Gasteiger partial charge on any atom is 2.00 e. The Hall–Kier alpha value is 0.741. The van der Waals surface area contributed by atoms with Gasteiger partial charge in [0.15, 0.2) is 0 Å². The molecule has 0 radical (unpaired) electrons. The normalized spacial score (nSPS) is 1.45. The first-order chi connectivity index (χ1) is 2.83. The topological polar surface area (TPSA) is 206 Å². The van der Waals surface area contributed by atoms with Crippen LogP contribution in [0.1, 0.15) is 0 Å².